The van der Waals surface area contributed by atoms with Crippen LogP contribution in [0, 0.1) is 5.92 Å². The van der Waals surface area contributed by atoms with E-state index in [1.165, 1.54) is 0 Å². The Balaban J connectivity index is 1.67. The molecule has 3 rings (SSSR count). The van der Waals surface area contributed by atoms with Gasteiger partial charge < -0.3 is 19.3 Å². The van der Waals surface area contributed by atoms with Crippen LogP contribution in [0.15, 0.2) is 18.2 Å². The average Bonchev–Trinajstić information content (AvgIpc) is 3.01. The largest absolute Gasteiger partial charge is 0.493 e. The molecule has 2 aliphatic rings. The van der Waals surface area contributed by atoms with Gasteiger partial charge in [0.1, 0.15) is 5.37 Å². The van der Waals surface area contributed by atoms with Crippen LogP contribution in [0.3, 0.4) is 0 Å². The quantitative estimate of drug-likeness (QED) is 0.610. The van der Waals surface area contributed by atoms with Crippen molar-refractivity contribution in [2.45, 2.75) is 49.7 Å². The Bertz CT molecular complexity index is 738. The molecule has 0 aromatic heterocycles. The first-order valence-electron chi connectivity index (χ1n) is 10.4. The molecule has 0 N–H and O–H groups in total. The third kappa shape index (κ3) is 4.65. The molecule has 0 unspecified atom stereocenters. The van der Waals surface area contributed by atoms with E-state index in [1.807, 2.05) is 35.0 Å². The molecule has 1 saturated heterocycles. The Morgan fingerprint density at radius 1 is 1.24 bits per heavy atom. The fourth-order valence-electron chi connectivity index (χ4n) is 3.91. The van der Waals surface area contributed by atoms with E-state index in [0.717, 1.165) is 37.7 Å². The van der Waals surface area contributed by atoms with Gasteiger partial charge in [0.2, 0.25) is 11.8 Å². The number of benzene rings is 1. The summed E-state index contributed by atoms with van der Waals surface area (Å²) in [6.07, 6.45) is 4.79. The molecule has 29 heavy (non-hydrogen) atoms. The van der Waals surface area contributed by atoms with Crippen molar-refractivity contribution in [3.63, 3.8) is 0 Å². The van der Waals surface area contributed by atoms with Gasteiger partial charge in [0, 0.05) is 26.1 Å². The minimum Gasteiger partial charge on any atom is -0.493 e. The first-order chi connectivity index (χ1) is 14.0. The molecular formula is C22H32N2O4S. The summed E-state index contributed by atoms with van der Waals surface area (Å²) in [7, 11) is 5.12. The summed E-state index contributed by atoms with van der Waals surface area (Å²) in [6.45, 7) is 3.37. The van der Waals surface area contributed by atoms with Crippen LogP contribution < -0.4 is 9.47 Å². The maximum Gasteiger partial charge on any atom is 0.236 e. The molecular weight excluding hydrogens is 388 g/mol. The highest BCUT2D eigenvalue weighted by atomic mass is 32.2. The Labute approximate surface area is 177 Å². The molecule has 0 bridgehead atoms. The number of hydrogen-bond acceptors (Lipinski definition) is 5. The van der Waals surface area contributed by atoms with Crippen molar-refractivity contribution in [2.24, 2.45) is 5.92 Å². The van der Waals surface area contributed by atoms with E-state index in [0.29, 0.717) is 24.6 Å². The monoisotopic (exact) mass is 420 g/mol. The maximum absolute atomic E-state index is 12.9. The number of carbonyl (C=O) groups is 2. The normalized spacial score (nSPS) is 21.8. The predicted molar refractivity (Wildman–Crippen MR) is 115 cm³/mol. The second-order valence-corrected chi connectivity index (χ2v) is 9.06. The SMILES string of the molecule is CC[C@H]1S[C@H](c2ccc(OC)c(OC)c2)N(CCCN(C)C(=O)C2CCC2)C1=O. The van der Waals surface area contributed by atoms with E-state index in [9.17, 15) is 9.59 Å². The first-order valence-corrected chi connectivity index (χ1v) is 11.4. The van der Waals surface area contributed by atoms with E-state index in [2.05, 4.69) is 6.92 Å². The average molecular weight is 421 g/mol. The lowest BCUT2D eigenvalue weighted by atomic mass is 9.84. The van der Waals surface area contributed by atoms with Crippen molar-refractivity contribution in [2.75, 3.05) is 34.4 Å². The van der Waals surface area contributed by atoms with E-state index in [1.54, 1.807) is 26.0 Å². The predicted octanol–water partition coefficient (Wildman–Crippen LogP) is 3.71. The molecule has 1 aliphatic heterocycles. The molecule has 0 radical (unpaired) electrons. The summed E-state index contributed by atoms with van der Waals surface area (Å²) in [6, 6.07) is 5.85. The van der Waals surface area contributed by atoms with E-state index >= 15 is 0 Å². The van der Waals surface area contributed by atoms with Gasteiger partial charge >= 0.3 is 0 Å². The minimum absolute atomic E-state index is 0.0255. The summed E-state index contributed by atoms with van der Waals surface area (Å²) in [5, 5.41) is -0.0673. The fourth-order valence-corrected chi connectivity index (χ4v) is 5.32. The van der Waals surface area contributed by atoms with Crippen LogP contribution in [-0.4, -0.2) is 61.2 Å². The zero-order valence-corrected chi connectivity index (χ0v) is 18.7. The van der Waals surface area contributed by atoms with Gasteiger partial charge in [0.25, 0.3) is 0 Å². The Morgan fingerprint density at radius 2 is 1.97 bits per heavy atom. The van der Waals surface area contributed by atoms with Crippen molar-refractivity contribution in [1.29, 1.82) is 0 Å². The van der Waals surface area contributed by atoms with Crippen molar-refractivity contribution in [3.8, 4) is 11.5 Å². The minimum atomic E-state index is -0.0418. The highest BCUT2D eigenvalue weighted by Gasteiger charge is 2.40. The summed E-state index contributed by atoms with van der Waals surface area (Å²) in [4.78, 5) is 29.1. The molecule has 0 spiro atoms. The van der Waals surface area contributed by atoms with Gasteiger partial charge in [-0.3, -0.25) is 9.59 Å². The molecule has 1 heterocycles. The number of methoxy groups -OCH3 is 2. The van der Waals surface area contributed by atoms with Crippen molar-refractivity contribution in [1.82, 2.24) is 9.80 Å². The molecule has 1 saturated carbocycles. The highest BCUT2D eigenvalue weighted by Crippen LogP contribution is 2.45. The van der Waals surface area contributed by atoms with Crippen LogP contribution in [0.4, 0.5) is 0 Å². The second-order valence-electron chi connectivity index (χ2n) is 7.77. The molecule has 7 heteroatoms. The van der Waals surface area contributed by atoms with E-state index in [-0.39, 0.29) is 28.4 Å². The van der Waals surface area contributed by atoms with Gasteiger partial charge in [-0.15, -0.1) is 11.8 Å². The second kappa shape index (κ2) is 9.74. The van der Waals surface area contributed by atoms with Gasteiger partial charge in [0.05, 0.1) is 19.5 Å². The van der Waals surface area contributed by atoms with Crippen molar-refractivity contribution < 1.29 is 19.1 Å². The van der Waals surface area contributed by atoms with Gasteiger partial charge in [-0.25, -0.2) is 0 Å². The number of nitrogens with zero attached hydrogens (tertiary/aromatic N) is 2. The molecule has 1 aliphatic carbocycles. The van der Waals surface area contributed by atoms with Crippen LogP contribution in [0.25, 0.3) is 0 Å². The van der Waals surface area contributed by atoms with E-state index in [4.69, 9.17) is 9.47 Å². The van der Waals surface area contributed by atoms with Crippen LogP contribution in [0.5, 0.6) is 11.5 Å². The summed E-state index contributed by atoms with van der Waals surface area (Å²) < 4.78 is 10.8. The summed E-state index contributed by atoms with van der Waals surface area (Å²) in [5.74, 6) is 2.00. The van der Waals surface area contributed by atoms with Crippen LogP contribution >= 0.6 is 11.8 Å². The Morgan fingerprint density at radius 3 is 2.55 bits per heavy atom. The summed E-state index contributed by atoms with van der Waals surface area (Å²) >= 11 is 1.69. The molecule has 1 aromatic rings. The van der Waals surface area contributed by atoms with Gasteiger partial charge in [-0.1, -0.05) is 19.4 Å². The lowest BCUT2D eigenvalue weighted by Gasteiger charge is -2.30. The fraction of sp³-hybridized carbons (Fsp3) is 0.636. The third-order valence-electron chi connectivity index (χ3n) is 5.92. The lowest BCUT2D eigenvalue weighted by Crippen LogP contribution is -2.38. The number of amides is 2. The lowest BCUT2D eigenvalue weighted by molar-refractivity contribution is -0.136. The molecule has 2 amide bonds. The number of thioether (sulfide) groups is 1. The standard InChI is InChI=1S/C22H32N2O4S/c1-5-19-21(26)24(13-7-12-23(2)20(25)15-8-6-9-15)22(29-19)16-10-11-17(27-3)18(14-16)28-4/h10-11,14-15,19,22H,5-9,12-13H2,1-4H3/t19-,22-/m1/s1. The van der Waals surface area contributed by atoms with E-state index < -0.39 is 0 Å². The first kappa shape index (κ1) is 21.8. The Kier molecular flexibility index (Phi) is 7.33. The number of carbonyl (C=O) groups excluding carboxylic acids is 2. The van der Waals surface area contributed by atoms with Crippen LogP contribution in [0.2, 0.25) is 0 Å². The molecule has 2 fully saturated rings. The zero-order valence-electron chi connectivity index (χ0n) is 17.8. The van der Waals surface area contributed by atoms with Crippen molar-refractivity contribution >= 4 is 23.6 Å². The number of ether oxygens (including phenoxy) is 2. The van der Waals surface area contributed by atoms with Gasteiger partial charge in [-0.2, -0.15) is 0 Å². The molecule has 6 nitrogen and oxygen atoms in total. The zero-order chi connectivity index (χ0) is 21.0. The Hall–Kier alpha value is -1.89. The highest BCUT2D eigenvalue weighted by molar-refractivity contribution is 8.01. The molecule has 2 atom stereocenters. The number of hydrogen-bond donors (Lipinski definition) is 0. The third-order valence-corrected chi connectivity index (χ3v) is 7.57. The van der Waals surface area contributed by atoms with Gasteiger partial charge in [-0.05, 0) is 43.4 Å². The molecule has 160 valence electrons. The van der Waals surface area contributed by atoms with Gasteiger partial charge in [0.15, 0.2) is 11.5 Å². The maximum atomic E-state index is 12.9. The smallest absolute Gasteiger partial charge is 0.236 e. The summed E-state index contributed by atoms with van der Waals surface area (Å²) in [5.41, 5.74) is 1.04. The number of rotatable bonds is 9. The topological polar surface area (TPSA) is 59.1 Å². The van der Waals surface area contributed by atoms with Crippen LogP contribution in [-0.2, 0) is 9.59 Å². The molecule has 1 aromatic carbocycles. The van der Waals surface area contributed by atoms with Crippen molar-refractivity contribution in [3.05, 3.63) is 23.8 Å². The van der Waals surface area contributed by atoms with Crippen LogP contribution in [0.1, 0.15) is 50.0 Å².